The van der Waals surface area contributed by atoms with Crippen molar-refractivity contribution in [1.29, 1.82) is 0 Å². The molecule has 3 atom stereocenters. The van der Waals surface area contributed by atoms with E-state index in [1.807, 2.05) is 23.1 Å². The van der Waals surface area contributed by atoms with Crippen LogP contribution in [-0.2, 0) is 6.42 Å². The van der Waals surface area contributed by atoms with Crippen LogP contribution in [0.4, 0.5) is 11.4 Å². The minimum absolute atomic E-state index is 0.0964. The molecule has 3 unspecified atom stereocenters. The van der Waals surface area contributed by atoms with Crippen LogP contribution < -0.4 is 4.90 Å². The second-order valence-corrected chi connectivity index (χ2v) is 19.4. The molecule has 0 radical (unpaired) electrons. The Morgan fingerprint density at radius 1 is 0.523 bits per heavy atom. The first-order chi connectivity index (χ1) is 32.2. The van der Waals surface area contributed by atoms with Crippen LogP contribution in [0.15, 0.2) is 253 Å². The van der Waals surface area contributed by atoms with Gasteiger partial charge in [-0.25, -0.2) is 0 Å². The highest BCUT2D eigenvalue weighted by molar-refractivity contribution is 8.00. The molecule has 2 heterocycles. The van der Waals surface area contributed by atoms with Crippen LogP contribution in [0.5, 0.6) is 0 Å². The molecule has 12 rings (SSSR count). The van der Waals surface area contributed by atoms with Gasteiger partial charge in [0.1, 0.15) is 0 Å². The van der Waals surface area contributed by atoms with E-state index in [0.29, 0.717) is 0 Å². The second-order valence-electron chi connectivity index (χ2n) is 17.1. The zero-order valence-electron chi connectivity index (χ0n) is 35.8. The third-order valence-electron chi connectivity index (χ3n) is 13.2. The first-order valence-electron chi connectivity index (χ1n) is 22.6. The van der Waals surface area contributed by atoms with Gasteiger partial charge in [-0.2, -0.15) is 0 Å². The highest BCUT2D eigenvalue weighted by Crippen LogP contribution is 2.57. The summed E-state index contributed by atoms with van der Waals surface area (Å²) in [6.45, 7) is 0. The molecular formula is C62H45NS2. The largest absolute Gasteiger partial charge is 0.314 e. The Balaban J connectivity index is 1.07. The van der Waals surface area contributed by atoms with E-state index < -0.39 is 0 Å². The van der Waals surface area contributed by atoms with Gasteiger partial charge in [-0.3, -0.25) is 0 Å². The molecule has 1 aliphatic carbocycles. The van der Waals surface area contributed by atoms with E-state index in [1.165, 1.54) is 86.1 Å². The number of hydrogen-bond acceptors (Lipinski definition) is 3. The van der Waals surface area contributed by atoms with Gasteiger partial charge in [0.25, 0.3) is 0 Å². The normalized spacial score (nSPS) is 16.2. The van der Waals surface area contributed by atoms with Crippen LogP contribution in [0.2, 0.25) is 0 Å². The lowest BCUT2D eigenvalue weighted by Gasteiger charge is -2.37. The Morgan fingerprint density at radius 3 is 1.82 bits per heavy atom. The predicted octanol–water partition coefficient (Wildman–Crippen LogP) is 17.0. The summed E-state index contributed by atoms with van der Waals surface area (Å²) >= 11 is 3.92. The maximum absolute atomic E-state index is 2.62. The van der Waals surface area contributed by atoms with Gasteiger partial charge in [0.15, 0.2) is 0 Å². The van der Waals surface area contributed by atoms with Crippen molar-refractivity contribution in [1.82, 2.24) is 0 Å². The minimum Gasteiger partial charge on any atom is -0.314 e. The number of fused-ring (bicyclic) bond motifs is 8. The molecule has 0 saturated heterocycles. The van der Waals surface area contributed by atoms with E-state index in [9.17, 15) is 0 Å². The van der Waals surface area contributed by atoms with Crippen molar-refractivity contribution in [3.05, 3.63) is 281 Å². The second kappa shape index (κ2) is 17.1. The summed E-state index contributed by atoms with van der Waals surface area (Å²) in [4.78, 5) is 3.91. The fourth-order valence-electron chi connectivity index (χ4n) is 10.2. The molecule has 0 spiro atoms. The quantitative estimate of drug-likeness (QED) is 0.126. The van der Waals surface area contributed by atoms with Crippen molar-refractivity contribution in [2.24, 2.45) is 0 Å². The highest BCUT2D eigenvalue weighted by Gasteiger charge is 2.42. The fraction of sp³-hybridized carbons (Fsp3) is 0.0645. The molecule has 65 heavy (non-hydrogen) atoms. The number of anilines is 2. The van der Waals surface area contributed by atoms with Crippen molar-refractivity contribution >= 4 is 77.1 Å². The lowest BCUT2D eigenvalue weighted by molar-refractivity contribution is 0.742. The maximum Gasteiger partial charge on any atom is 0.0458 e. The van der Waals surface area contributed by atoms with E-state index in [1.54, 1.807) is 0 Å². The van der Waals surface area contributed by atoms with Crippen LogP contribution in [0.25, 0.3) is 42.6 Å². The minimum atomic E-state index is 0.0964. The number of hydrogen-bond donors (Lipinski definition) is 0. The van der Waals surface area contributed by atoms with Crippen molar-refractivity contribution in [3.63, 3.8) is 0 Å². The van der Waals surface area contributed by atoms with Crippen molar-refractivity contribution in [3.8, 4) is 0 Å². The Morgan fingerprint density at radius 2 is 1.11 bits per heavy atom. The Bertz CT molecular complexity index is 3390. The van der Waals surface area contributed by atoms with Gasteiger partial charge in [-0.1, -0.05) is 188 Å². The molecular weight excluding hydrogens is 823 g/mol. The molecule has 2 aliphatic rings. The maximum atomic E-state index is 2.62. The van der Waals surface area contributed by atoms with Crippen LogP contribution >= 0.6 is 23.1 Å². The zero-order chi connectivity index (χ0) is 43.1. The number of para-hydroxylation sites is 2. The van der Waals surface area contributed by atoms with Gasteiger partial charge in [-0.05, 0) is 116 Å². The van der Waals surface area contributed by atoms with E-state index in [4.69, 9.17) is 0 Å². The third-order valence-corrected chi connectivity index (χ3v) is 15.7. The van der Waals surface area contributed by atoms with E-state index in [0.717, 1.165) is 17.8 Å². The zero-order valence-corrected chi connectivity index (χ0v) is 37.4. The number of thioether (sulfide) groups is 1. The summed E-state index contributed by atoms with van der Waals surface area (Å²) in [7, 11) is 0. The lowest BCUT2D eigenvalue weighted by atomic mass is 9.78. The first kappa shape index (κ1) is 39.4. The molecule has 0 fully saturated rings. The Labute approximate surface area is 389 Å². The predicted molar refractivity (Wildman–Crippen MR) is 280 cm³/mol. The summed E-state index contributed by atoms with van der Waals surface area (Å²) in [6.07, 6.45) is 8.56. The first-order valence-corrected chi connectivity index (χ1v) is 24.3. The van der Waals surface area contributed by atoms with Gasteiger partial charge in [0, 0.05) is 59.2 Å². The highest BCUT2D eigenvalue weighted by atomic mass is 32.2. The van der Waals surface area contributed by atoms with E-state index in [-0.39, 0.29) is 17.1 Å². The van der Waals surface area contributed by atoms with Crippen molar-refractivity contribution in [2.75, 3.05) is 4.90 Å². The number of nitrogens with zero attached hydrogens (tertiary/aromatic N) is 1. The van der Waals surface area contributed by atoms with Crippen LogP contribution in [0, 0.1) is 0 Å². The summed E-state index contributed by atoms with van der Waals surface area (Å²) in [5.74, 6) is 0.272. The van der Waals surface area contributed by atoms with Gasteiger partial charge in [-0.15, -0.1) is 23.1 Å². The van der Waals surface area contributed by atoms with Gasteiger partial charge >= 0.3 is 0 Å². The standard InChI is InChI=1S/C62H45NS2/c1-6-20-42(21-7-1)36-54(43-22-8-2-9-23-43)47-39-57(63(48-26-12-4-13-27-48)49-28-14-5-15-29-49)61-56-38-46(50-30-16-17-32-53(50)62(56)65-60(61)41-47)37-55(44-24-10-3-11-25-44)45-34-35-52-51-31-18-19-33-58(51)64-59(52)40-45/h1-35,37-41,54,60-61H,36H2/b55-37+. The topological polar surface area (TPSA) is 3.24 Å². The summed E-state index contributed by atoms with van der Waals surface area (Å²) in [5, 5.41) is 5.41. The van der Waals surface area contributed by atoms with Crippen molar-refractivity contribution < 1.29 is 0 Å². The SMILES string of the molecule is C1=C(C(Cc2ccccc2)c2ccccc2)C=C(N(c2ccccc2)c2ccccc2)C2c3cc(/C=C(\c4ccccc4)c4ccc5c(c4)sc4ccccc45)c4ccccc4c3SC12. The Kier molecular flexibility index (Phi) is 10.4. The van der Waals surface area contributed by atoms with Crippen molar-refractivity contribution in [2.45, 2.75) is 28.4 Å². The molecule has 1 aromatic heterocycles. The number of rotatable bonds is 10. The van der Waals surface area contributed by atoms with Gasteiger partial charge < -0.3 is 4.90 Å². The van der Waals surface area contributed by atoms with Gasteiger partial charge in [0.2, 0.25) is 0 Å². The molecule has 0 N–H and O–H groups in total. The molecule has 0 amide bonds. The molecule has 10 aromatic rings. The number of benzene rings is 9. The Hall–Kier alpha value is -7.17. The van der Waals surface area contributed by atoms with E-state index >= 15 is 0 Å². The number of thiophene rings is 1. The summed E-state index contributed by atoms with van der Waals surface area (Å²) in [6, 6.07) is 82.5. The molecule has 3 heteroatoms. The third kappa shape index (κ3) is 7.41. The average molecular weight is 868 g/mol. The number of allylic oxidation sites excluding steroid dienone is 3. The van der Waals surface area contributed by atoms with Crippen LogP contribution in [-0.4, -0.2) is 5.25 Å². The molecule has 9 aromatic carbocycles. The molecule has 1 nitrogen and oxygen atoms in total. The molecule has 1 aliphatic heterocycles. The summed E-state index contributed by atoms with van der Waals surface area (Å²) in [5.41, 5.74) is 13.9. The van der Waals surface area contributed by atoms with Gasteiger partial charge in [0.05, 0.1) is 0 Å². The fourth-order valence-corrected chi connectivity index (χ4v) is 12.9. The molecule has 0 saturated carbocycles. The monoisotopic (exact) mass is 867 g/mol. The molecule has 310 valence electrons. The van der Waals surface area contributed by atoms with Crippen LogP contribution in [0.1, 0.15) is 45.2 Å². The lowest BCUT2D eigenvalue weighted by Crippen LogP contribution is -2.28. The van der Waals surface area contributed by atoms with Crippen LogP contribution in [0.3, 0.4) is 0 Å². The molecule has 0 bridgehead atoms. The average Bonchev–Trinajstić information content (AvgIpc) is 3.94. The summed E-state index contributed by atoms with van der Waals surface area (Å²) < 4.78 is 2.64. The van der Waals surface area contributed by atoms with E-state index in [2.05, 4.69) is 248 Å². The smallest absolute Gasteiger partial charge is 0.0458 e.